The summed E-state index contributed by atoms with van der Waals surface area (Å²) in [6.07, 6.45) is 1.32. The maximum atomic E-state index is 13.8. The van der Waals surface area contributed by atoms with Gasteiger partial charge >= 0.3 is 6.09 Å². The fourth-order valence-electron chi connectivity index (χ4n) is 5.36. The third-order valence-electron chi connectivity index (χ3n) is 6.96. The molecule has 0 saturated carbocycles. The van der Waals surface area contributed by atoms with Crippen LogP contribution in [0.3, 0.4) is 0 Å². The number of benzene rings is 3. The number of aryl methyl sites for hydroxylation is 2. The molecule has 0 bridgehead atoms. The SMILES string of the molecule is Cc1cc(CN2CCC3(CC2)CN(c2ccccc2)C(=O)O3)cc(C)c1-c1cc(F)cc(F)c1. The van der Waals surface area contributed by atoms with Crippen LogP contribution in [0.2, 0.25) is 0 Å². The number of carbonyl (C=O) groups excluding carboxylic acids is 1. The van der Waals surface area contributed by atoms with Crippen molar-refractivity contribution in [3.05, 3.63) is 89.0 Å². The largest absolute Gasteiger partial charge is 0.441 e. The van der Waals surface area contributed by atoms with E-state index >= 15 is 0 Å². The van der Waals surface area contributed by atoms with Gasteiger partial charge < -0.3 is 4.74 Å². The Balaban J connectivity index is 1.26. The fourth-order valence-corrected chi connectivity index (χ4v) is 5.36. The first-order valence-electron chi connectivity index (χ1n) is 11.7. The van der Waals surface area contributed by atoms with Gasteiger partial charge in [0.05, 0.1) is 6.54 Å². The predicted octanol–water partition coefficient (Wildman–Crippen LogP) is 6.24. The summed E-state index contributed by atoms with van der Waals surface area (Å²) in [5.74, 6) is -1.14. The van der Waals surface area contributed by atoms with Gasteiger partial charge in [-0.15, -0.1) is 0 Å². The van der Waals surface area contributed by atoms with Gasteiger partial charge in [-0.1, -0.05) is 30.3 Å². The Hall–Kier alpha value is -3.25. The zero-order valence-corrected chi connectivity index (χ0v) is 19.5. The molecular formula is C28H28F2N2O2. The van der Waals surface area contributed by atoms with Crippen LogP contribution in [0.5, 0.6) is 0 Å². The van der Waals surface area contributed by atoms with Gasteiger partial charge in [0.2, 0.25) is 0 Å². The Labute approximate surface area is 198 Å². The number of piperidine rings is 1. The molecule has 176 valence electrons. The zero-order chi connectivity index (χ0) is 23.9. The minimum absolute atomic E-state index is 0.268. The van der Waals surface area contributed by atoms with Crippen molar-refractivity contribution in [3.63, 3.8) is 0 Å². The molecule has 1 spiro atoms. The number of para-hydroxylation sites is 1. The van der Waals surface area contributed by atoms with Crippen LogP contribution >= 0.6 is 0 Å². The Kier molecular flexibility index (Phi) is 5.86. The van der Waals surface area contributed by atoms with Crippen molar-refractivity contribution in [3.8, 4) is 11.1 Å². The lowest BCUT2D eigenvalue weighted by Crippen LogP contribution is -2.46. The highest BCUT2D eigenvalue weighted by atomic mass is 19.1. The first kappa shape index (κ1) is 22.5. The van der Waals surface area contributed by atoms with E-state index in [1.54, 1.807) is 4.90 Å². The second kappa shape index (κ2) is 8.84. The number of rotatable bonds is 4. The summed E-state index contributed by atoms with van der Waals surface area (Å²) in [6.45, 7) is 7.01. The molecule has 0 aromatic heterocycles. The summed E-state index contributed by atoms with van der Waals surface area (Å²) >= 11 is 0. The number of nitrogens with zero attached hydrogens (tertiary/aromatic N) is 2. The van der Waals surface area contributed by atoms with Crippen LogP contribution in [-0.2, 0) is 11.3 Å². The van der Waals surface area contributed by atoms with E-state index < -0.39 is 17.2 Å². The molecule has 5 rings (SSSR count). The normalized spacial score (nSPS) is 17.9. The number of hydrogen-bond acceptors (Lipinski definition) is 3. The van der Waals surface area contributed by atoms with Crippen LogP contribution in [0.1, 0.15) is 29.5 Å². The lowest BCUT2D eigenvalue weighted by molar-refractivity contribution is -0.000979. The van der Waals surface area contributed by atoms with E-state index in [0.29, 0.717) is 12.1 Å². The summed E-state index contributed by atoms with van der Waals surface area (Å²) in [5.41, 5.74) is 5.04. The zero-order valence-electron chi connectivity index (χ0n) is 19.5. The van der Waals surface area contributed by atoms with Crippen LogP contribution in [0, 0.1) is 25.5 Å². The highest BCUT2D eigenvalue weighted by Gasteiger charge is 2.47. The van der Waals surface area contributed by atoms with E-state index in [-0.39, 0.29) is 6.09 Å². The maximum Gasteiger partial charge on any atom is 0.415 e. The van der Waals surface area contributed by atoms with Gasteiger partial charge in [-0.25, -0.2) is 13.6 Å². The van der Waals surface area contributed by atoms with Crippen molar-refractivity contribution in [2.75, 3.05) is 24.5 Å². The molecular weight excluding hydrogens is 434 g/mol. The molecule has 2 fully saturated rings. The van der Waals surface area contributed by atoms with E-state index in [4.69, 9.17) is 4.74 Å². The Bertz CT molecular complexity index is 1180. The van der Waals surface area contributed by atoms with Crippen molar-refractivity contribution >= 4 is 11.8 Å². The van der Waals surface area contributed by atoms with E-state index in [0.717, 1.165) is 60.9 Å². The molecule has 2 saturated heterocycles. The minimum atomic E-state index is -0.571. The van der Waals surface area contributed by atoms with E-state index in [1.807, 2.05) is 44.2 Å². The van der Waals surface area contributed by atoms with Gasteiger partial charge in [-0.2, -0.15) is 0 Å². The molecule has 0 radical (unpaired) electrons. The van der Waals surface area contributed by atoms with Gasteiger partial charge in [0, 0.05) is 44.2 Å². The second-order valence-corrected chi connectivity index (χ2v) is 9.51. The summed E-state index contributed by atoms with van der Waals surface area (Å²) < 4.78 is 33.4. The Morgan fingerprint density at radius 2 is 1.53 bits per heavy atom. The molecule has 0 N–H and O–H groups in total. The average molecular weight is 463 g/mol. The molecule has 0 aliphatic carbocycles. The summed E-state index contributed by atoms with van der Waals surface area (Å²) in [4.78, 5) is 16.6. The number of halogens is 2. The molecule has 6 heteroatoms. The summed E-state index contributed by atoms with van der Waals surface area (Å²) in [7, 11) is 0. The van der Waals surface area contributed by atoms with E-state index in [1.165, 1.54) is 17.7 Å². The minimum Gasteiger partial charge on any atom is -0.441 e. The third kappa shape index (κ3) is 4.42. The van der Waals surface area contributed by atoms with Crippen molar-refractivity contribution in [1.29, 1.82) is 0 Å². The molecule has 1 amide bonds. The number of likely N-dealkylation sites (tertiary alicyclic amines) is 1. The Morgan fingerprint density at radius 1 is 0.912 bits per heavy atom. The third-order valence-corrected chi connectivity index (χ3v) is 6.96. The molecule has 0 atom stereocenters. The first-order chi connectivity index (χ1) is 16.3. The van der Waals surface area contributed by atoms with Crippen LogP contribution in [0.15, 0.2) is 60.7 Å². The number of anilines is 1. The Morgan fingerprint density at radius 3 is 2.15 bits per heavy atom. The van der Waals surface area contributed by atoms with Crippen LogP contribution in [0.4, 0.5) is 19.3 Å². The van der Waals surface area contributed by atoms with Crippen LogP contribution in [0.25, 0.3) is 11.1 Å². The van der Waals surface area contributed by atoms with Gasteiger partial charge in [-0.3, -0.25) is 9.80 Å². The van der Waals surface area contributed by atoms with Gasteiger partial charge in [0.25, 0.3) is 0 Å². The van der Waals surface area contributed by atoms with Crippen molar-refractivity contribution in [1.82, 2.24) is 4.90 Å². The van der Waals surface area contributed by atoms with Crippen LogP contribution < -0.4 is 4.90 Å². The number of carbonyl (C=O) groups is 1. The first-order valence-corrected chi connectivity index (χ1v) is 11.7. The van der Waals surface area contributed by atoms with Crippen molar-refractivity contribution in [2.24, 2.45) is 0 Å². The van der Waals surface area contributed by atoms with Crippen molar-refractivity contribution < 1.29 is 18.3 Å². The standard InChI is InChI=1S/C28H28F2N2O2/c1-19-12-21(13-20(2)26(19)22-14-23(29)16-24(30)15-22)17-31-10-8-28(9-11-31)18-32(27(33)34-28)25-6-4-3-5-7-25/h3-7,12-16H,8-11,17-18H2,1-2H3. The summed E-state index contributed by atoms with van der Waals surface area (Å²) in [5, 5.41) is 0. The van der Waals surface area contributed by atoms with E-state index in [9.17, 15) is 13.6 Å². The average Bonchev–Trinajstić information content (AvgIpc) is 3.11. The van der Waals surface area contributed by atoms with Gasteiger partial charge in [0.15, 0.2) is 0 Å². The summed E-state index contributed by atoms with van der Waals surface area (Å²) in [6, 6.07) is 17.5. The van der Waals surface area contributed by atoms with Gasteiger partial charge in [0.1, 0.15) is 17.2 Å². The quantitative estimate of drug-likeness (QED) is 0.460. The highest BCUT2D eigenvalue weighted by Crippen LogP contribution is 2.36. The molecule has 3 aromatic rings. The molecule has 2 aliphatic rings. The van der Waals surface area contributed by atoms with Gasteiger partial charge in [-0.05, 0) is 65.9 Å². The second-order valence-electron chi connectivity index (χ2n) is 9.51. The molecule has 0 unspecified atom stereocenters. The van der Waals surface area contributed by atoms with Crippen LogP contribution in [-0.4, -0.2) is 36.2 Å². The molecule has 4 nitrogen and oxygen atoms in total. The maximum absolute atomic E-state index is 13.8. The number of ether oxygens (including phenoxy) is 1. The lowest BCUT2D eigenvalue weighted by atomic mass is 9.90. The molecule has 2 aliphatic heterocycles. The topological polar surface area (TPSA) is 32.8 Å². The number of amides is 1. The molecule has 2 heterocycles. The fraction of sp³-hybridized carbons (Fsp3) is 0.321. The smallest absolute Gasteiger partial charge is 0.415 e. The monoisotopic (exact) mass is 462 g/mol. The molecule has 34 heavy (non-hydrogen) atoms. The highest BCUT2D eigenvalue weighted by molar-refractivity contribution is 5.90. The predicted molar refractivity (Wildman–Crippen MR) is 129 cm³/mol. The molecule has 3 aromatic carbocycles. The lowest BCUT2D eigenvalue weighted by Gasteiger charge is -2.37. The van der Waals surface area contributed by atoms with Crippen molar-refractivity contribution in [2.45, 2.75) is 38.8 Å². The van der Waals surface area contributed by atoms with E-state index in [2.05, 4.69) is 17.0 Å². The number of hydrogen-bond donors (Lipinski definition) is 0.